The summed E-state index contributed by atoms with van der Waals surface area (Å²) in [6, 6.07) is 5.69. The van der Waals surface area contributed by atoms with Crippen LogP contribution in [-0.4, -0.2) is 49.5 Å². The molecule has 3 aromatic heterocycles. The van der Waals surface area contributed by atoms with Gasteiger partial charge in [0.1, 0.15) is 0 Å². The van der Waals surface area contributed by atoms with Crippen molar-refractivity contribution in [3.05, 3.63) is 59.0 Å². The molecule has 0 saturated carbocycles. The van der Waals surface area contributed by atoms with Crippen molar-refractivity contribution in [3.8, 4) is 11.3 Å². The smallest absolute Gasteiger partial charge is 0.277 e. The maximum absolute atomic E-state index is 11.8. The molecule has 2 aliphatic rings. The van der Waals surface area contributed by atoms with Crippen LogP contribution in [0.3, 0.4) is 0 Å². The van der Waals surface area contributed by atoms with Crippen molar-refractivity contribution in [2.45, 2.75) is 25.8 Å². The lowest BCUT2D eigenvalue weighted by Crippen LogP contribution is -2.29. The van der Waals surface area contributed by atoms with Crippen molar-refractivity contribution >= 4 is 40.1 Å². The lowest BCUT2D eigenvalue weighted by molar-refractivity contribution is 0.101. The van der Waals surface area contributed by atoms with E-state index in [9.17, 15) is 4.79 Å². The fraction of sp³-hybridized carbons (Fsp3) is 0.261. The molecule has 8 nitrogen and oxygen atoms in total. The molecule has 9 heteroatoms. The number of thiazole rings is 1. The highest BCUT2D eigenvalue weighted by Crippen LogP contribution is 2.29. The monoisotopic (exact) mass is 443 g/mol. The van der Waals surface area contributed by atoms with Gasteiger partial charge in [0.25, 0.3) is 5.91 Å². The van der Waals surface area contributed by atoms with Crippen molar-refractivity contribution in [1.82, 2.24) is 24.3 Å². The number of hydrogen-bond donors (Lipinski definition) is 1. The number of benzene rings is 1. The Balaban J connectivity index is 1.27. The number of imidazole rings is 1. The third-order valence-corrected chi connectivity index (χ3v) is 6.74. The zero-order chi connectivity index (χ0) is 21.5. The standard InChI is InChI=1S/C23H21N7OS/c31-22-18-5-4-15(10-16(18)11-26-22)19-12-25-20(21-24-6-9-30(19)21)28-23-27-17(14-32-23)13-29-7-2-1-3-8-29/h4-6,9-12,14H,1-3,7-8,13H2,(H,25,27,28). The van der Waals surface area contributed by atoms with Gasteiger partial charge in [-0.05, 0) is 38.1 Å². The molecule has 0 radical (unpaired) electrons. The first-order chi connectivity index (χ1) is 15.7. The van der Waals surface area contributed by atoms with Crippen molar-refractivity contribution < 1.29 is 4.79 Å². The Morgan fingerprint density at radius 3 is 2.94 bits per heavy atom. The molecule has 6 rings (SSSR count). The second kappa shape index (κ2) is 7.92. The Kier molecular flexibility index (Phi) is 4.77. The van der Waals surface area contributed by atoms with Crippen molar-refractivity contribution in [3.63, 3.8) is 0 Å². The Morgan fingerprint density at radius 1 is 1.12 bits per heavy atom. The van der Waals surface area contributed by atoms with Crippen LogP contribution in [0.5, 0.6) is 0 Å². The number of rotatable bonds is 5. The average Bonchev–Trinajstić information content (AvgIpc) is 3.56. The zero-order valence-electron chi connectivity index (χ0n) is 17.4. The molecule has 160 valence electrons. The number of carbonyl (C=O) groups excluding carboxylic acids is 1. The molecule has 0 aliphatic carbocycles. The topological polar surface area (TPSA) is 87.8 Å². The van der Waals surface area contributed by atoms with Gasteiger partial charge >= 0.3 is 0 Å². The van der Waals surface area contributed by atoms with E-state index in [1.807, 2.05) is 35.0 Å². The number of aromatic nitrogens is 4. The highest BCUT2D eigenvalue weighted by molar-refractivity contribution is 7.13. The van der Waals surface area contributed by atoms with Crippen LogP contribution in [0.1, 0.15) is 40.9 Å². The number of amides is 1. The quantitative estimate of drug-likeness (QED) is 0.498. The molecule has 0 spiro atoms. The molecule has 4 aromatic rings. The summed E-state index contributed by atoms with van der Waals surface area (Å²) in [7, 11) is 0. The highest BCUT2D eigenvalue weighted by atomic mass is 32.1. The van der Waals surface area contributed by atoms with E-state index in [1.165, 1.54) is 19.3 Å². The summed E-state index contributed by atoms with van der Waals surface area (Å²) in [5, 5.41) is 6.27. The number of fused-ring (bicyclic) bond motifs is 2. The highest BCUT2D eigenvalue weighted by Gasteiger charge is 2.18. The molecule has 1 aromatic carbocycles. The van der Waals surface area contributed by atoms with Crippen LogP contribution in [0.2, 0.25) is 0 Å². The molecule has 1 N–H and O–H groups in total. The van der Waals surface area contributed by atoms with Crippen LogP contribution in [-0.2, 0) is 6.54 Å². The first-order valence-corrected chi connectivity index (χ1v) is 11.6. The minimum Gasteiger partial charge on any atom is -0.313 e. The predicted molar refractivity (Wildman–Crippen MR) is 125 cm³/mol. The van der Waals surface area contributed by atoms with Gasteiger partial charge in [0, 0.05) is 41.7 Å². The maximum atomic E-state index is 11.8. The molecule has 1 fully saturated rings. The summed E-state index contributed by atoms with van der Waals surface area (Å²) in [4.78, 5) is 32.0. The van der Waals surface area contributed by atoms with Crippen LogP contribution < -0.4 is 5.32 Å². The Bertz CT molecular complexity index is 1350. The van der Waals surface area contributed by atoms with E-state index in [4.69, 9.17) is 4.98 Å². The number of hydrogen-bond acceptors (Lipinski definition) is 7. The molecule has 1 saturated heterocycles. The number of anilines is 2. The van der Waals surface area contributed by atoms with Crippen LogP contribution in [0.25, 0.3) is 16.9 Å². The number of nitrogens with zero attached hydrogens (tertiary/aromatic N) is 6. The number of aliphatic imine (C=N–C) groups is 1. The summed E-state index contributed by atoms with van der Waals surface area (Å²) in [6.07, 6.45) is 11.0. The van der Waals surface area contributed by atoms with Gasteiger partial charge in [-0.3, -0.25) is 14.1 Å². The average molecular weight is 444 g/mol. The molecule has 0 bridgehead atoms. The summed E-state index contributed by atoms with van der Waals surface area (Å²) in [6.45, 7) is 3.20. The number of piperidine rings is 1. The third kappa shape index (κ3) is 3.49. The fourth-order valence-corrected chi connectivity index (χ4v) is 5.03. The third-order valence-electron chi connectivity index (χ3n) is 5.94. The Labute approximate surface area is 188 Å². The van der Waals surface area contributed by atoms with Gasteiger partial charge in [-0.2, -0.15) is 0 Å². The summed E-state index contributed by atoms with van der Waals surface area (Å²) in [5.41, 5.74) is 5.11. The largest absolute Gasteiger partial charge is 0.313 e. The number of likely N-dealkylation sites (tertiary alicyclic amines) is 1. The summed E-state index contributed by atoms with van der Waals surface area (Å²) in [5.74, 6) is 0.468. The normalized spacial score (nSPS) is 16.1. The molecule has 0 atom stereocenters. The maximum Gasteiger partial charge on any atom is 0.277 e. The minimum absolute atomic E-state index is 0.194. The second-order valence-corrected chi connectivity index (χ2v) is 8.94. The van der Waals surface area contributed by atoms with Crippen LogP contribution in [0, 0.1) is 0 Å². The van der Waals surface area contributed by atoms with E-state index in [0.29, 0.717) is 11.4 Å². The van der Waals surface area contributed by atoms with Gasteiger partial charge in [0.2, 0.25) is 0 Å². The zero-order valence-corrected chi connectivity index (χ0v) is 18.2. The predicted octanol–water partition coefficient (Wildman–Crippen LogP) is 4.16. The van der Waals surface area contributed by atoms with E-state index in [-0.39, 0.29) is 5.91 Å². The molecule has 1 amide bonds. The molecule has 2 aliphatic heterocycles. The van der Waals surface area contributed by atoms with E-state index in [1.54, 1.807) is 23.7 Å². The van der Waals surface area contributed by atoms with Gasteiger partial charge in [0.05, 0.1) is 23.1 Å². The van der Waals surface area contributed by atoms with E-state index in [2.05, 4.69) is 30.6 Å². The van der Waals surface area contributed by atoms with Gasteiger partial charge in [-0.1, -0.05) is 12.5 Å². The van der Waals surface area contributed by atoms with Gasteiger partial charge in [-0.25, -0.2) is 19.9 Å². The second-order valence-electron chi connectivity index (χ2n) is 8.08. The SMILES string of the molecule is O=C1N=Cc2cc(-c3cnc(Nc4nc(CN5CCCCC5)cs4)c4nccn34)ccc21. The lowest BCUT2D eigenvalue weighted by atomic mass is 10.0. The first-order valence-electron chi connectivity index (χ1n) is 10.7. The van der Waals surface area contributed by atoms with Crippen molar-refractivity contribution in [2.24, 2.45) is 4.99 Å². The van der Waals surface area contributed by atoms with Gasteiger partial charge in [0.15, 0.2) is 16.6 Å². The van der Waals surface area contributed by atoms with E-state index < -0.39 is 0 Å². The van der Waals surface area contributed by atoms with Crippen LogP contribution >= 0.6 is 11.3 Å². The molecular weight excluding hydrogens is 422 g/mol. The first kappa shape index (κ1) is 19.3. The lowest BCUT2D eigenvalue weighted by Gasteiger charge is -2.25. The van der Waals surface area contributed by atoms with Crippen LogP contribution in [0.15, 0.2) is 47.2 Å². The molecule has 32 heavy (non-hydrogen) atoms. The molecular formula is C23H21N7OS. The number of carbonyl (C=O) groups is 1. The summed E-state index contributed by atoms with van der Waals surface area (Å²) >= 11 is 1.59. The van der Waals surface area contributed by atoms with Gasteiger partial charge < -0.3 is 5.32 Å². The fourth-order valence-electron chi connectivity index (χ4n) is 4.33. The van der Waals surface area contributed by atoms with E-state index in [0.717, 1.165) is 52.9 Å². The minimum atomic E-state index is -0.194. The Morgan fingerprint density at radius 2 is 2.03 bits per heavy atom. The molecule has 5 heterocycles. The van der Waals surface area contributed by atoms with E-state index >= 15 is 0 Å². The molecule has 0 unspecified atom stereocenters. The van der Waals surface area contributed by atoms with Crippen molar-refractivity contribution in [2.75, 3.05) is 18.4 Å². The van der Waals surface area contributed by atoms with Crippen LogP contribution in [0.4, 0.5) is 10.9 Å². The summed E-state index contributed by atoms with van der Waals surface area (Å²) < 4.78 is 1.99. The van der Waals surface area contributed by atoms with Crippen molar-refractivity contribution in [1.29, 1.82) is 0 Å². The number of nitrogens with one attached hydrogen (secondary N) is 1. The Hall–Kier alpha value is -3.43. The van der Waals surface area contributed by atoms with Gasteiger partial charge in [-0.15, -0.1) is 11.3 Å².